The summed E-state index contributed by atoms with van der Waals surface area (Å²) in [6, 6.07) is 8.67. The van der Waals surface area contributed by atoms with Crippen molar-refractivity contribution >= 4 is 37.4 Å². The predicted octanol–water partition coefficient (Wildman–Crippen LogP) is 3.89. The highest BCUT2D eigenvalue weighted by molar-refractivity contribution is 9.09. The summed E-state index contributed by atoms with van der Waals surface area (Å²) >= 11 is 5.38. The third kappa shape index (κ3) is 3.02. The van der Waals surface area contributed by atoms with Crippen molar-refractivity contribution < 1.29 is 4.74 Å². The molecule has 0 bridgehead atoms. The first-order valence-electron chi connectivity index (χ1n) is 6.65. The highest BCUT2D eigenvalue weighted by Crippen LogP contribution is 2.27. The lowest BCUT2D eigenvalue weighted by Gasteiger charge is -2.36. The Balaban J connectivity index is 1.77. The fourth-order valence-electron chi connectivity index (χ4n) is 2.75. The maximum absolute atomic E-state index is 5.89. The molecule has 2 unspecified atom stereocenters. The molecule has 0 saturated carbocycles. The zero-order valence-electron chi connectivity index (χ0n) is 11.0. The van der Waals surface area contributed by atoms with Gasteiger partial charge in [-0.25, -0.2) is 0 Å². The smallest absolute Gasteiger partial charge is 0.0802 e. The minimum atomic E-state index is 0.314. The molecule has 0 aliphatic carbocycles. The summed E-state index contributed by atoms with van der Waals surface area (Å²) in [6.45, 7) is 5.22. The van der Waals surface area contributed by atoms with Crippen LogP contribution in [0.3, 0.4) is 0 Å². The molecule has 0 radical (unpaired) electrons. The number of morpholine rings is 1. The molecule has 1 aromatic heterocycles. The second-order valence-corrected chi connectivity index (χ2v) is 6.73. The van der Waals surface area contributed by atoms with Crippen LogP contribution in [0.2, 0.25) is 0 Å². The Morgan fingerprint density at radius 2 is 2.21 bits per heavy atom. The number of thiophene rings is 1. The van der Waals surface area contributed by atoms with Crippen LogP contribution in [0.25, 0.3) is 10.1 Å². The van der Waals surface area contributed by atoms with E-state index in [0.717, 1.165) is 25.0 Å². The molecule has 2 aromatic rings. The highest BCUT2D eigenvalue weighted by Gasteiger charge is 2.24. The molecule has 0 N–H and O–H groups in total. The zero-order valence-corrected chi connectivity index (χ0v) is 13.4. The van der Waals surface area contributed by atoms with E-state index < -0.39 is 0 Å². The first kappa shape index (κ1) is 13.6. The number of hydrogen-bond acceptors (Lipinski definition) is 3. The summed E-state index contributed by atoms with van der Waals surface area (Å²) in [6.07, 6.45) is 0.634. The summed E-state index contributed by atoms with van der Waals surface area (Å²) in [5, 5.41) is 4.62. The molecular formula is C15H18BrNOS. The molecule has 102 valence electrons. The number of halogens is 1. The van der Waals surface area contributed by atoms with Crippen LogP contribution in [0.15, 0.2) is 29.6 Å². The Hall–Kier alpha value is -0.420. The summed E-state index contributed by atoms with van der Waals surface area (Å²) < 4.78 is 7.27. The molecular weight excluding hydrogens is 322 g/mol. The van der Waals surface area contributed by atoms with Crippen molar-refractivity contribution in [3.8, 4) is 0 Å². The lowest BCUT2D eigenvalue weighted by Crippen LogP contribution is -2.46. The third-order valence-corrected chi connectivity index (χ3v) is 5.26. The maximum Gasteiger partial charge on any atom is 0.0802 e. The van der Waals surface area contributed by atoms with Crippen LogP contribution in [0.5, 0.6) is 0 Å². The molecule has 1 saturated heterocycles. The fraction of sp³-hybridized carbons (Fsp3) is 0.467. The number of ether oxygens (including phenoxy) is 1. The summed E-state index contributed by atoms with van der Waals surface area (Å²) in [7, 11) is 0. The van der Waals surface area contributed by atoms with Gasteiger partial charge in [-0.05, 0) is 29.3 Å². The van der Waals surface area contributed by atoms with Crippen LogP contribution in [-0.2, 0) is 11.3 Å². The van der Waals surface area contributed by atoms with Crippen molar-refractivity contribution in [1.29, 1.82) is 0 Å². The molecule has 2 nitrogen and oxygen atoms in total. The Morgan fingerprint density at radius 1 is 1.37 bits per heavy atom. The maximum atomic E-state index is 5.89. The van der Waals surface area contributed by atoms with E-state index in [-0.39, 0.29) is 0 Å². The van der Waals surface area contributed by atoms with Gasteiger partial charge in [0.05, 0.1) is 12.2 Å². The van der Waals surface area contributed by atoms with E-state index in [1.54, 1.807) is 0 Å². The van der Waals surface area contributed by atoms with Crippen molar-refractivity contribution in [2.45, 2.75) is 25.7 Å². The minimum absolute atomic E-state index is 0.314. The second-order valence-electron chi connectivity index (χ2n) is 5.17. The normalized spacial score (nSPS) is 24.9. The summed E-state index contributed by atoms with van der Waals surface area (Å²) in [5.74, 6) is 0. The van der Waals surface area contributed by atoms with Crippen LogP contribution in [0.4, 0.5) is 0 Å². The van der Waals surface area contributed by atoms with Crippen LogP contribution >= 0.6 is 27.3 Å². The van der Waals surface area contributed by atoms with Gasteiger partial charge in [0.25, 0.3) is 0 Å². The predicted molar refractivity (Wildman–Crippen MR) is 85.2 cm³/mol. The standard InChI is InChI=1S/C15H18BrNOS/c1-11-7-17(9-13(6-16)18-11)8-12-10-19-15-5-3-2-4-14(12)15/h2-5,10-11,13H,6-9H2,1H3. The van der Waals surface area contributed by atoms with Gasteiger partial charge in [-0.3, -0.25) is 4.90 Å². The van der Waals surface area contributed by atoms with E-state index in [4.69, 9.17) is 4.74 Å². The van der Waals surface area contributed by atoms with Gasteiger partial charge in [-0.1, -0.05) is 34.1 Å². The van der Waals surface area contributed by atoms with Gasteiger partial charge >= 0.3 is 0 Å². The van der Waals surface area contributed by atoms with Crippen molar-refractivity contribution in [3.63, 3.8) is 0 Å². The zero-order chi connectivity index (χ0) is 13.2. The van der Waals surface area contributed by atoms with E-state index in [2.05, 4.69) is 57.4 Å². The fourth-order valence-corrected chi connectivity index (χ4v) is 4.06. The van der Waals surface area contributed by atoms with Gasteiger partial charge in [0, 0.05) is 29.7 Å². The number of fused-ring (bicyclic) bond motifs is 1. The molecule has 1 aromatic carbocycles. The summed E-state index contributed by atoms with van der Waals surface area (Å²) in [4.78, 5) is 2.51. The van der Waals surface area contributed by atoms with E-state index in [1.165, 1.54) is 15.6 Å². The van der Waals surface area contributed by atoms with Crippen LogP contribution in [-0.4, -0.2) is 35.5 Å². The van der Waals surface area contributed by atoms with Crippen LogP contribution < -0.4 is 0 Å². The average Bonchev–Trinajstić information content (AvgIpc) is 2.82. The number of benzene rings is 1. The Kier molecular flexibility index (Phi) is 4.22. The molecule has 2 heterocycles. The molecule has 0 spiro atoms. The first-order valence-corrected chi connectivity index (χ1v) is 8.65. The van der Waals surface area contributed by atoms with Crippen molar-refractivity contribution in [2.24, 2.45) is 0 Å². The molecule has 1 aliphatic heterocycles. The molecule has 4 heteroatoms. The van der Waals surface area contributed by atoms with Gasteiger partial charge in [-0.15, -0.1) is 11.3 Å². The number of nitrogens with zero attached hydrogens (tertiary/aromatic N) is 1. The molecule has 1 fully saturated rings. The van der Waals surface area contributed by atoms with Gasteiger partial charge in [0.15, 0.2) is 0 Å². The lowest BCUT2D eigenvalue weighted by atomic mass is 10.1. The largest absolute Gasteiger partial charge is 0.372 e. The average molecular weight is 340 g/mol. The van der Waals surface area contributed by atoms with E-state index in [9.17, 15) is 0 Å². The van der Waals surface area contributed by atoms with Gasteiger partial charge in [-0.2, -0.15) is 0 Å². The van der Waals surface area contributed by atoms with Gasteiger partial charge in [0.2, 0.25) is 0 Å². The highest BCUT2D eigenvalue weighted by atomic mass is 79.9. The SMILES string of the molecule is CC1CN(Cc2csc3ccccc23)CC(CBr)O1. The molecule has 1 aliphatic rings. The van der Waals surface area contributed by atoms with E-state index in [0.29, 0.717) is 12.2 Å². The molecule has 19 heavy (non-hydrogen) atoms. The van der Waals surface area contributed by atoms with E-state index >= 15 is 0 Å². The van der Waals surface area contributed by atoms with Crippen LogP contribution in [0, 0.1) is 0 Å². The van der Waals surface area contributed by atoms with Gasteiger partial charge in [0.1, 0.15) is 0 Å². The molecule has 3 rings (SSSR count). The van der Waals surface area contributed by atoms with Gasteiger partial charge < -0.3 is 4.74 Å². The second kappa shape index (κ2) is 5.92. The molecule has 0 amide bonds. The topological polar surface area (TPSA) is 12.5 Å². The summed E-state index contributed by atoms with van der Waals surface area (Å²) in [5.41, 5.74) is 1.45. The number of rotatable bonds is 3. The Labute approximate surface area is 126 Å². The number of hydrogen-bond donors (Lipinski definition) is 0. The monoisotopic (exact) mass is 339 g/mol. The van der Waals surface area contributed by atoms with E-state index in [1.807, 2.05) is 11.3 Å². The minimum Gasteiger partial charge on any atom is -0.372 e. The Bertz CT molecular complexity index is 556. The van der Waals surface area contributed by atoms with Crippen molar-refractivity contribution in [3.05, 3.63) is 35.2 Å². The quantitative estimate of drug-likeness (QED) is 0.786. The van der Waals surface area contributed by atoms with Crippen molar-refractivity contribution in [1.82, 2.24) is 4.90 Å². The number of alkyl halides is 1. The molecule has 2 atom stereocenters. The first-order chi connectivity index (χ1) is 9.26. The third-order valence-electron chi connectivity index (χ3n) is 3.53. The Morgan fingerprint density at radius 3 is 3.05 bits per heavy atom. The van der Waals surface area contributed by atoms with Crippen molar-refractivity contribution in [2.75, 3.05) is 18.4 Å². The lowest BCUT2D eigenvalue weighted by molar-refractivity contribution is -0.0676. The van der Waals surface area contributed by atoms with Crippen LogP contribution in [0.1, 0.15) is 12.5 Å².